The summed E-state index contributed by atoms with van der Waals surface area (Å²) in [5.74, 6) is 0.323. The summed E-state index contributed by atoms with van der Waals surface area (Å²) in [5.41, 5.74) is 5.34. The Hall–Kier alpha value is -3.65. The van der Waals surface area contributed by atoms with Gasteiger partial charge >= 0.3 is 0 Å². The van der Waals surface area contributed by atoms with Gasteiger partial charge in [-0.1, -0.05) is 36.4 Å². The summed E-state index contributed by atoms with van der Waals surface area (Å²) in [6.07, 6.45) is 3.65. The summed E-state index contributed by atoms with van der Waals surface area (Å²) in [7, 11) is -3.33. The molecule has 0 atom stereocenters. The molecule has 1 amide bonds. The highest BCUT2D eigenvalue weighted by atomic mass is 32.2. The molecule has 0 unspecified atom stereocenters. The zero-order chi connectivity index (χ0) is 22.5. The Morgan fingerprint density at radius 3 is 2.59 bits per heavy atom. The second kappa shape index (κ2) is 7.49. The van der Waals surface area contributed by atoms with Crippen molar-refractivity contribution in [3.63, 3.8) is 0 Å². The van der Waals surface area contributed by atoms with E-state index in [1.54, 1.807) is 18.2 Å². The van der Waals surface area contributed by atoms with Gasteiger partial charge in [-0.15, -0.1) is 0 Å². The summed E-state index contributed by atoms with van der Waals surface area (Å²) < 4.78 is 27.2. The van der Waals surface area contributed by atoms with Crippen LogP contribution in [0.4, 0.5) is 11.5 Å². The first-order chi connectivity index (χ1) is 15.3. The van der Waals surface area contributed by atoms with Gasteiger partial charge in [0.1, 0.15) is 17.2 Å². The third kappa shape index (κ3) is 3.42. The van der Waals surface area contributed by atoms with Crippen molar-refractivity contribution in [2.45, 2.75) is 13.3 Å². The van der Waals surface area contributed by atoms with E-state index < -0.39 is 10.0 Å². The standard InChI is InChI=1S/C24H22N4O3S/c1-16-7-6-13-27-22(16)25-21(17-8-4-3-5-9-17)23(27)26-24(29)19-10-11-20-18(15-19)12-14-28(20)32(2,30)31/h3-11,13,15H,12,14H2,1-2H3,(H,26,29). The summed E-state index contributed by atoms with van der Waals surface area (Å²) in [5, 5.41) is 3.04. The number of nitrogens with zero attached hydrogens (tertiary/aromatic N) is 3. The van der Waals surface area contributed by atoms with Gasteiger partial charge in [0.15, 0.2) is 0 Å². The van der Waals surface area contributed by atoms with Gasteiger partial charge < -0.3 is 5.32 Å². The van der Waals surface area contributed by atoms with Crippen LogP contribution in [0.15, 0.2) is 66.9 Å². The highest BCUT2D eigenvalue weighted by Crippen LogP contribution is 2.32. The number of nitrogens with one attached hydrogen (secondary N) is 1. The van der Waals surface area contributed by atoms with Crippen LogP contribution in [0.25, 0.3) is 16.9 Å². The monoisotopic (exact) mass is 446 g/mol. The number of fused-ring (bicyclic) bond motifs is 2. The van der Waals surface area contributed by atoms with E-state index in [1.807, 2.05) is 60.0 Å². The fourth-order valence-corrected chi connectivity index (χ4v) is 5.12. The molecule has 8 heteroatoms. The predicted octanol–water partition coefficient (Wildman–Crippen LogP) is 3.88. The molecular formula is C24H22N4O3S. The van der Waals surface area contributed by atoms with E-state index in [0.717, 1.165) is 22.3 Å². The van der Waals surface area contributed by atoms with Crippen LogP contribution in [0.1, 0.15) is 21.5 Å². The molecule has 0 radical (unpaired) electrons. The molecule has 1 aliphatic rings. The van der Waals surface area contributed by atoms with Crippen molar-refractivity contribution in [3.8, 4) is 11.3 Å². The number of pyridine rings is 1. The number of carbonyl (C=O) groups excluding carboxylic acids is 1. The Labute approximate surface area is 186 Å². The Bertz CT molecular complexity index is 1460. The molecule has 1 aliphatic heterocycles. The van der Waals surface area contributed by atoms with Gasteiger partial charge in [-0.05, 0) is 48.7 Å². The summed E-state index contributed by atoms with van der Waals surface area (Å²) in [6.45, 7) is 2.38. The van der Waals surface area contributed by atoms with Crippen molar-refractivity contribution >= 4 is 33.1 Å². The van der Waals surface area contributed by atoms with Crippen molar-refractivity contribution < 1.29 is 13.2 Å². The highest BCUT2D eigenvalue weighted by molar-refractivity contribution is 7.92. The molecular weight excluding hydrogens is 424 g/mol. The molecule has 0 bridgehead atoms. The third-order valence-corrected chi connectivity index (χ3v) is 6.90. The predicted molar refractivity (Wildman–Crippen MR) is 126 cm³/mol. The average molecular weight is 447 g/mol. The van der Waals surface area contributed by atoms with Crippen molar-refractivity contribution in [1.82, 2.24) is 9.38 Å². The quantitative estimate of drug-likeness (QED) is 0.516. The van der Waals surface area contributed by atoms with Gasteiger partial charge in [0.05, 0.1) is 11.9 Å². The molecule has 0 saturated carbocycles. The van der Waals surface area contributed by atoms with Gasteiger partial charge in [0, 0.05) is 23.9 Å². The normalized spacial score (nSPS) is 13.4. The Morgan fingerprint density at radius 1 is 1.06 bits per heavy atom. The van der Waals surface area contributed by atoms with Gasteiger partial charge in [0.25, 0.3) is 5.91 Å². The lowest BCUT2D eigenvalue weighted by Gasteiger charge is -2.16. The molecule has 4 aromatic rings. The van der Waals surface area contributed by atoms with Gasteiger partial charge in [-0.3, -0.25) is 13.5 Å². The van der Waals surface area contributed by atoms with Crippen LogP contribution in [-0.2, 0) is 16.4 Å². The second-order valence-electron chi connectivity index (χ2n) is 7.94. The molecule has 0 aliphatic carbocycles. The van der Waals surface area contributed by atoms with Crippen LogP contribution in [0, 0.1) is 6.92 Å². The van der Waals surface area contributed by atoms with Crippen molar-refractivity contribution in [2.75, 3.05) is 22.4 Å². The summed E-state index contributed by atoms with van der Waals surface area (Å²) in [6, 6.07) is 18.8. The van der Waals surface area contributed by atoms with Crippen LogP contribution < -0.4 is 9.62 Å². The van der Waals surface area contributed by atoms with Crippen LogP contribution >= 0.6 is 0 Å². The summed E-state index contributed by atoms with van der Waals surface area (Å²) >= 11 is 0. The molecule has 3 heterocycles. The van der Waals surface area contributed by atoms with Gasteiger partial charge in [-0.2, -0.15) is 0 Å². The number of aryl methyl sites for hydroxylation is 1. The van der Waals surface area contributed by atoms with E-state index in [1.165, 1.54) is 10.6 Å². The van der Waals surface area contributed by atoms with Crippen LogP contribution in [0.5, 0.6) is 0 Å². The number of sulfonamides is 1. The van der Waals surface area contributed by atoms with E-state index in [2.05, 4.69) is 5.32 Å². The molecule has 2 aromatic heterocycles. The van der Waals surface area contributed by atoms with E-state index in [4.69, 9.17) is 4.98 Å². The molecule has 0 saturated heterocycles. The number of anilines is 2. The Morgan fingerprint density at radius 2 is 1.84 bits per heavy atom. The topological polar surface area (TPSA) is 83.8 Å². The summed E-state index contributed by atoms with van der Waals surface area (Å²) in [4.78, 5) is 18.0. The van der Waals surface area contributed by atoms with Crippen molar-refractivity contribution in [1.29, 1.82) is 0 Å². The zero-order valence-corrected chi connectivity index (χ0v) is 18.6. The number of hydrogen-bond acceptors (Lipinski definition) is 4. The number of benzene rings is 2. The minimum absolute atomic E-state index is 0.272. The lowest BCUT2D eigenvalue weighted by Crippen LogP contribution is -2.27. The van der Waals surface area contributed by atoms with E-state index in [0.29, 0.717) is 35.7 Å². The lowest BCUT2D eigenvalue weighted by atomic mass is 10.1. The first kappa shape index (κ1) is 20.3. The first-order valence-corrected chi connectivity index (χ1v) is 12.1. The van der Waals surface area contributed by atoms with Gasteiger partial charge in [-0.25, -0.2) is 13.4 Å². The average Bonchev–Trinajstić information content (AvgIpc) is 3.36. The fourth-order valence-electron chi connectivity index (χ4n) is 4.16. The van der Waals surface area contributed by atoms with E-state index >= 15 is 0 Å². The minimum Gasteiger partial charge on any atom is -0.306 e. The molecule has 5 rings (SSSR count). The van der Waals surface area contributed by atoms with Crippen LogP contribution in [-0.4, -0.2) is 36.5 Å². The Balaban J connectivity index is 1.54. The third-order valence-electron chi connectivity index (χ3n) is 5.72. The Kier molecular flexibility index (Phi) is 4.74. The minimum atomic E-state index is -3.33. The molecule has 32 heavy (non-hydrogen) atoms. The molecule has 7 nitrogen and oxygen atoms in total. The SMILES string of the molecule is Cc1cccn2c(NC(=O)c3ccc4c(c3)CCN4S(C)(=O)=O)c(-c3ccccc3)nc12. The second-order valence-corrected chi connectivity index (χ2v) is 9.85. The highest BCUT2D eigenvalue weighted by Gasteiger charge is 2.27. The van der Waals surface area contributed by atoms with E-state index in [9.17, 15) is 13.2 Å². The van der Waals surface area contributed by atoms with Crippen LogP contribution in [0.2, 0.25) is 0 Å². The number of imidazole rings is 1. The number of rotatable bonds is 4. The maximum Gasteiger partial charge on any atom is 0.256 e. The maximum absolute atomic E-state index is 13.2. The van der Waals surface area contributed by atoms with Crippen molar-refractivity contribution in [3.05, 3.63) is 83.6 Å². The first-order valence-electron chi connectivity index (χ1n) is 10.3. The zero-order valence-electron chi connectivity index (χ0n) is 17.7. The molecule has 2 aromatic carbocycles. The van der Waals surface area contributed by atoms with E-state index in [-0.39, 0.29) is 5.91 Å². The van der Waals surface area contributed by atoms with Gasteiger partial charge in [0.2, 0.25) is 10.0 Å². The molecule has 0 spiro atoms. The molecule has 0 fully saturated rings. The molecule has 162 valence electrons. The van der Waals surface area contributed by atoms with Crippen molar-refractivity contribution in [2.24, 2.45) is 0 Å². The number of hydrogen-bond donors (Lipinski definition) is 1. The number of amides is 1. The smallest absolute Gasteiger partial charge is 0.256 e. The number of aromatic nitrogens is 2. The fraction of sp³-hybridized carbons (Fsp3) is 0.167. The lowest BCUT2D eigenvalue weighted by molar-refractivity contribution is 0.102. The number of carbonyl (C=O) groups is 1. The maximum atomic E-state index is 13.2. The molecule has 1 N–H and O–H groups in total. The van der Waals surface area contributed by atoms with Crippen LogP contribution in [0.3, 0.4) is 0 Å². The largest absolute Gasteiger partial charge is 0.306 e.